The SMILES string of the molecule is BrCCCCNCCCOc1ccccc1. The van der Waals surface area contributed by atoms with Crippen LogP contribution in [0.25, 0.3) is 0 Å². The molecule has 90 valence electrons. The molecule has 0 bridgehead atoms. The molecule has 1 aromatic rings. The van der Waals surface area contributed by atoms with E-state index in [1.54, 1.807) is 0 Å². The first-order chi connectivity index (χ1) is 7.93. The maximum absolute atomic E-state index is 5.59. The van der Waals surface area contributed by atoms with Crippen molar-refractivity contribution in [2.24, 2.45) is 0 Å². The highest BCUT2D eigenvalue weighted by Gasteiger charge is 1.92. The molecule has 0 aliphatic rings. The maximum Gasteiger partial charge on any atom is 0.119 e. The number of benzene rings is 1. The van der Waals surface area contributed by atoms with Crippen LogP contribution in [0.2, 0.25) is 0 Å². The van der Waals surface area contributed by atoms with Crippen molar-refractivity contribution < 1.29 is 4.74 Å². The van der Waals surface area contributed by atoms with Crippen molar-refractivity contribution in [3.05, 3.63) is 30.3 Å². The van der Waals surface area contributed by atoms with E-state index in [9.17, 15) is 0 Å². The van der Waals surface area contributed by atoms with Gasteiger partial charge in [-0.25, -0.2) is 0 Å². The van der Waals surface area contributed by atoms with Gasteiger partial charge in [-0.1, -0.05) is 34.1 Å². The zero-order valence-corrected chi connectivity index (χ0v) is 11.2. The molecule has 16 heavy (non-hydrogen) atoms. The predicted octanol–water partition coefficient (Wildman–Crippen LogP) is 3.22. The Morgan fingerprint density at radius 3 is 2.50 bits per heavy atom. The second-order valence-electron chi connectivity index (χ2n) is 3.66. The smallest absolute Gasteiger partial charge is 0.119 e. The molecule has 0 aromatic heterocycles. The topological polar surface area (TPSA) is 21.3 Å². The van der Waals surface area contributed by atoms with Gasteiger partial charge in [-0.2, -0.15) is 0 Å². The van der Waals surface area contributed by atoms with Gasteiger partial charge in [0.25, 0.3) is 0 Å². The summed E-state index contributed by atoms with van der Waals surface area (Å²) in [6, 6.07) is 9.97. The van der Waals surface area contributed by atoms with Gasteiger partial charge >= 0.3 is 0 Å². The number of hydrogen-bond acceptors (Lipinski definition) is 2. The number of hydrogen-bond donors (Lipinski definition) is 1. The normalized spacial score (nSPS) is 10.3. The largest absolute Gasteiger partial charge is 0.494 e. The minimum Gasteiger partial charge on any atom is -0.494 e. The number of alkyl halides is 1. The molecule has 1 N–H and O–H groups in total. The van der Waals surface area contributed by atoms with E-state index in [0.717, 1.165) is 37.2 Å². The maximum atomic E-state index is 5.59. The van der Waals surface area contributed by atoms with Crippen LogP contribution in [0.1, 0.15) is 19.3 Å². The van der Waals surface area contributed by atoms with Crippen LogP contribution in [0, 0.1) is 0 Å². The van der Waals surface area contributed by atoms with Gasteiger partial charge in [-0.15, -0.1) is 0 Å². The third kappa shape index (κ3) is 6.85. The molecule has 0 saturated carbocycles. The van der Waals surface area contributed by atoms with Crippen molar-refractivity contribution in [2.45, 2.75) is 19.3 Å². The van der Waals surface area contributed by atoms with Crippen molar-refractivity contribution in [3.8, 4) is 5.75 Å². The Morgan fingerprint density at radius 2 is 1.75 bits per heavy atom. The zero-order valence-electron chi connectivity index (χ0n) is 9.62. The average Bonchev–Trinajstić information content (AvgIpc) is 2.34. The van der Waals surface area contributed by atoms with E-state index >= 15 is 0 Å². The van der Waals surface area contributed by atoms with Crippen LogP contribution in [0.5, 0.6) is 5.75 Å². The van der Waals surface area contributed by atoms with Crippen molar-refractivity contribution in [2.75, 3.05) is 25.0 Å². The fourth-order valence-corrected chi connectivity index (χ4v) is 1.77. The van der Waals surface area contributed by atoms with E-state index in [1.807, 2.05) is 30.3 Å². The van der Waals surface area contributed by atoms with Gasteiger partial charge in [0.1, 0.15) is 5.75 Å². The fraction of sp³-hybridized carbons (Fsp3) is 0.538. The van der Waals surface area contributed by atoms with Gasteiger partial charge in [0.15, 0.2) is 0 Å². The highest BCUT2D eigenvalue weighted by molar-refractivity contribution is 9.09. The summed E-state index contributed by atoms with van der Waals surface area (Å²) >= 11 is 3.42. The highest BCUT2D eigenvalue weighted by Crippen LogP contribution is 2.07. The third-order valence-corrected chi connectivity index (χ3v) is 2.81. The number of nitrogens with one attached hydrogen (secondary N) is 1. The van der Waals surface area contributed by atoms with Gasteiger partial charge in [-0.3, -0.25) is 0 Å². The summed E-state index contributed by atoms with van der Waals surface area (Å²) in [5.41, 5.74) is 0. The van der Waals surface area contributed by atoms with Crippen LogP contribution in [-0.2, 0) is 0 Å². The predicted molar refractivity (Wildman–Crippen MR) is 72.5 cm³/mol. The van der Waals surface area contributed by atoms with Crippen molar-refractivity contribution in [1.82, 2.24) is 5.32 Å². The number of ether oxygens (including phenoxy) is 1. The Kier molecular flexibility index (Phi) is 8.17. The molecule has 0 saturated heterocycles. The first kappa shape index (κ1) is 13.5. The molecule has 1 rings (SSSR count). The molecule has 0 heterocycles. The summed E-state index contributed by atoms with van der Waals surface area (Å²) in [6.45, 7) is 2.93. The summed E-state index contributed by atoms with van der Waals surface area (Å²) in [5.74, 6) is 0.960. The summed E-state index contributed by atoms with van der Waals surface area (Å²) in [5, 5.41) is 4.51. The third-order valence-electron chi connectivity index (χ3n) is 2.25. The lowest BCUT2D eigenvalue weighted by molar-refractivity contribution is 0.308. The van der Waals surface area contributed by atoms with E-state index in [1.165, 1.54) is 12.8 Å². The van der Waals surface area contributed by atoms with Gasteiger partial charge in [0.05, 0.1) is 6.61 Å². The Balaban J connectivity index is 1.89. The number of unbranched alkanes of at least 4 members (excludes halogenated alkanes) is 1. The summed E-state index contributed by atoms with van der Waals surface area (Å²) in [4.78, 5) is 0. The monoisotopic (exact) mass is 285 g/mol. The Morgan fingerprint density at radius 1 is 1.00 bits per heavy atom. The summed E-state index contributed by atoms with van der Waals surface area (Å²) in [7, 11) is 0. The Hall–Kier alpha value is -0.540. The number of para-hydroxylation sites is 1. The van der Waals surface area contributed by atoms with Crippen LogP contribution in [-0.4, -0.2) is 25.0 Å². The molecule has 0 unspecified atom stereocenters. The molecule has 0 atom stereocenters. The Bertz CT molecular complexity index is 253. The molecule has 1 aromatic carbocycles. The summed E-state index contributed by atoms with van der Waals surface area (Å²) < 4.78 is 5.59. The molecule has 0 spiro atoms. The van der Waals surface area contributed by atoms with E-state index in [4.69, 9.17) is 4.74 Å². The zero-order chi connectivity index (χ0) is 11.5. The second-order valence-corrected chi connectivity index (χ2v) is 4.45. The summed E-state index contributed by atoms with van der Waals surface area (Å²) in [6.07, 6.45) is 3.54. The minimum absolute atomic E-state index is 0.787. The van der Waals surface area contributed by atoms with E-state index < -0.39 is 0 Å². The van der Waals surface area contributed by atoms with Crippen LogP contribution in [0.15, 0.2) is 30.3 Å². The van der Waals surface area contributed by atoms with E-state index in [0.29, 0.717) is 0 Å². The van der Waals surface area contributed by atoms with Crippen molar-refractivity contribution in [3.63, 3.8) is 0 Å². The van der Waals surface area contributed by atoms with Crippen molar-refractivity contribution in [1.29, 1.82) is 0 Å². The molecule has 0 aliphatic carbocycles. The molecule has 3 heteroatoms. The van der Waals surface area contributed by atoms with Crippen molar-refractivity contribution >= 4 is 15.9 Å². The quantitative estimate of drug-likeness (QED) is 0.556. The van der Waals surface area contributed by atoms with Gasteiger partial charge in [0.2, 0.25) is 0 Å². The molecule has 2 nitrogen and oxygen atoms in total. The van der Waals surface area contributed by atoms with Crippen LogP contribution < -0.4 is 10.1 Å². The van der Waals surface area contributed by atoms with Crippen LogP contribution in [0.3, 0.4) is 0 Å². The lowest BCUT2D eigenvalue weighted by atomic mass is 10.3. The van der Waals surface area contributed by atoms with Gasteiger partial charge in [-0.05, 0) is 44.5 Å². The van der Waals surface area contributed by atoms with Gasteiger partial charge < -0.3 is 10.1 Å². The highest BCUT2D eigenvalue weighted by atomic mass is 79.9. The Labute approximate surface area is 107 Å². The number of halogens is 1. The van der Waals surface area contributed by atoms with E-state index in [2.05, 4.69) is 21.2 Å². The molecule has 0 amide bonds. The fourth-order valence-electron chi connectivity index (χ4n) is 1.37. The number of rotatable bonds is 9. The molecule has 0 radical (unpaired) electrons. The lowest BCUT2D eigenvalue weighted by Gasteiger charge is -2.06. The van der Waals surface area contributed by atoms with E-state index in [-0.39, 0.29) is 0 Å². The molecular weight excluding hydrogens is 266 g/mol. The van der Waals surface area contributed by atoms with Crippen LogP contribution >= 0.6 is 15.9 Å². The molecule has 0 aliphatic heterocycles. The molecule has 0 fully saturated rings. The average molecular weight is 286 g/mol. The minimum atomic E-state index is 0.787. The van der Waals surface area contributed by atoms with Gasteiger partial charge in [0, 0.05) is 5.33 Å². The van der Waals surface area contributed by atoms with Crippen LogP contribution in [0.4, 0.5) is 0 Å². The standard InChI is InChI=1S/C13H20BrNO/c14-9-4-5-10-15-11-6-12-16-13-7-2-1-3-8-13/h1-3,7-8,15H,4-6,9-12H2. The second kappa shape index (κ2) is 9.67. The molecular formula is C13H20BrNO. The first-order valence-electron chi connectivity index (χ1n) is 5.88. The lowest BCUT2D eigenvalue weighted by Crippen LogP contribution is -2.18. The first-order valence-corrected chi connectivity index (χ1v) is 7.00.